The van der Waals surface area contributed by atoms with Gasteiger partial charge in [-0.05, 0) is 12.8 Å². The van der Waals surface area contributed by atoms with Gasteiger partial charge in [-0.1, -0.05) is 66.2 Å². The van der Waals surface area contributed by atoms with Crippen molar-refractivity contribution in [3.05, 3.63) is 0 Å². The standard InChI is InChI=1S/2C8H16O2/c2*1-3-4-5-6-7(2)8(9)10/h2*7H,3-6H2,1-2H3,(H,9,10). The van der Waals surface area contributed by atoms with Crippen LogP contribution in [0.2, 0.25) is 0 Å². The Bertz CT molecular complexity index is 225. The highest BCUT2D eigenvalue weighted by molar-refractivity contribution is 5.69. The summed E-state index contributed by atoms with van der Waals surface area (Å²) in [6, 6.07) is 0. The topological polar surface area (TPSA) is 74.6 Å². The highest BCUT2D eigenvalue weighted by Crippen LogP contribution is 2.09. The van der Waals surface area contributed by atoms with Crippen LogP contribution in [-0.4, -0.2) is 22.2 Å². The first-order chi connectivity index (χ1) is 9.36. The summed E-state index contributed by atoms with van der Waals surface area (Å²) in [5.41, 5.74) is 0. The molecule has 2 atom stereocenters. The first-order valence-corrected chi connectivity index (χ1v) is 7.82. The average Bonchev–Trinajstić information content (AvgIpc) is 2.39. The van der Waals surface area contributed by atoms with Gasteiger partial charge < -0.3 is 10.2 Å². The lowest BCUT2D eigenvalue weighted by atomic mass is 10.0. The maximum Gasteiger partial charge on any atom is 0.306 e. The van der Waals surface area contributed by atoms with E-state index >= 15 is 0 Å². The van der Waals surface area contributed by atoms with E-state index in [0.29, 0.717) is 0 Å². The predicted molar refractivity (Wildman–Crippen MR) is 81.9 cm³/mol. The number of hydrogen-bond acceptors (Lipinski definition) is 2. The summed E-state index contributed by atoms with van der Waals surface area (Å²) in [6.45, 7) is 7.76. The molecule has 4 heteroatoms. The Balaban J connectivity index is 0. The molecule has 0 spiro atoms. The number of carboxylic acids is 2. The van der Waals surface area contributed by atoms with Crippen molar-refractivity contribution in [2.45, 2.75) is 79.1 Å². The van der Waals surface area contributed by atoms with E-state index in [0.717, 1.165) is 51.4 Å². The van der Waals surface area contributed by atoms with Crippen LogP contribution in [0.3, 0.4) is 0 Å². The smallest absolute Gasteiger partial charge is 0.306 e. The molecule has 0 aliphatic heterocycles. The molecule has 0 bridgehead atoms. The van der Waals surface area contributed by atoms with Gasteiger partial charge >= 0.3 is 11.9 Å². The normalized spacial score (nSPS) is 13.0. The number of aliphatic carboxylic acids is 2. The largest absolute Gasteiger partial charge is 0.481 e. The van der Waals surface area contributed by atoms with Crippen molar-refractivity contribution in [1.29, 1.82) is 0 Å². The molecule has 0 aliphatic rings. The zero-order valence-electron chi connectivity index (χ0n) is 13.5. The van der Waals surface area contributed by atoms with Crippen LogP contribution in [0.5, 0.6) is 0 Å². The quantitative estimate of drug-likeness (QED) is 0.577. The minimum Gasteiger partial charge on any atom is -0.481 e. The van der Waals surface area contributed by atoms with Crippen LogP contribution in [0.1, 0.15) is 79.1 Å². The molecule has 0 aromatic carbocycles. The Morgan fingerprint density at radius 1 is 0.750 bits per heavy atom. The lowest BCUT2D eigenvalue weighted by molar-refractivity contribution is -0.142. The van der Waals surface area contributed by atoms with Gasteiger partial charge in [-0.3, -0.25) is 9.59 Å². The van der Waals surface area contributed by atoms with E-state index in [-0.39, 0.29) is 11.8 Å². The van der Waals surface area contributed by atoms with Gasteiger partial charge in [0.2, 0.25) is 0 Å². The molecule has 0 saturated carbocycles. The molecule has 0 aromatic heterocycles. The minimum absolute atomic E-state index is 0.161. The summed E-state index contributed by atoms with van der Waals surface area (Å²) >= 11 is 0. The molecular formula is C16H32O4. The lowest BCUT2D eigenvalue weighted by Crippen LogP contribution is -2.08. The molecule has 0 fully saturated rings. The fourth-order valence-electron chi connectivity index (χ4n) is 1.65. The van der Waals surface area contributed by atoms with Gasteiger partial charge in [0, 0.05) is 0 Å². The van der Waals surface area contributed by atoms with Crippen LogP contribution in [0, 0.1) is 11.8 Å². The molecule has 120 valence electrons. The molecule has 2 N–H and O–H groups in total. The third-order valence-corrected chi connectivity index (χ3v) is 3.32. The van der Waals surface area contributed by atoms with Crippen LogP contribution in [-0.2, 0) is 9.59 Å². The molecule has 0 rings (SSSR count). The number of carboxylic acid groups (broad SMARTS) is 2. The molecule has 0 amide bonds. The summed E-state index contributed by atoms with van der Waals surface area (Å²) < 4.78 is 0. The van der Waals surface area contributed by atoms with Gasteiger partial charge in [-0.2, -0.15) is 0 Å². The zero-order chi connectivity index (χ0) is 16.0. The minimum atomic E-state index is -0.670. The summed E-state index contributed by atoms with van der Waals surface area (Å²) in [6.07, 6.45) is 8.36. The summed E-state index contributed by atoms with van der Waals surface area (Å²) in [5, 5.41) is 17.0. The Labute approximate surface area is 123 Å². The highest BCUT2D eigenvalue weighted by atomic mass is 16.4. The summed E-state index contributed by atoms with van der Waals surface area (Å²) in [7, 11) is 0. The third kappa shape index (κ3) is 15.0. The second-order valence-electron chi connectivity index (χ2n) is 5.47. The third-order valence-electron chi connectivity index (χ3n) is 3.32. The molecule has 0 aliphatic carbocycles. The molecule has 0 saturated heterocycles. The molecule has 4 nitrogen and oxygen atoms in total. The van der Waals surface area contributed by atoms with E-state index in [1.165, 1.54) is 0 Å². The Morgan fingerprint density at radius 3 is 1.25 bits per heavy atom. The Hall–Kier alpha value is -1.06. The molecule has 0 aromatic rings. The SMILES string of the molecule is CCCCCC(C)C(=O)O.CCCCCC(C)C(=O)O. The van der Waals surface area contributed by atoms with Crippen molar-refractivity contribution >= 4 is 11.9 Å². The average molecular weight is 288 g/mol. The predicted octanol–water partition coefficient (Wildman–Crippen LogP) is 4.57. The van der Waals surface area contributed by atoms with E-state index < -0.39 is 11.9 Å². The maximum atomic E-state index is 10.3. The van der Waals surface area contributed by atoms with E-state index in [1.54, 1.807) is 13.8 Å². The lowest BCUT2D eigenvalue weighted by Gasteiger charge is -2.03. The maximum absolute atomic E-state index is 10.3. The Kier molecular flexibility index (Phi) is 15.2. The molecule has 0 radical (unpaired) electrons. The number of rotatable bonds is 10. The van der Waals surface area contributed by atoms with Crippen LogP contribution in [0.25, 0.3) is 0 Å². The van der Waals surface area contributed by atoms with Gasteiger partial charge in [0.25, 0.3) is 0 Å². The number of hydrogen-bond donors (Lipinski definition) is 2. The molecule has 0 heterocycles. The van der Waals surface area contributed by atoms with Gasteiger partial charge in [-0.25, -0.2) is 0 Å². The van der Waals surface area contributed by atoms with Crippen molar-refractivity contribution < 1.29 is 19.8 Å². The second-order valence-corrected chi connectivity index (χ2v) is 5.47. The van der Waals surface area contributed by atoms with Crippen molar-refractivity contribution in [3.8, 4) is 0 Å². The van der Waals surface area contributed by atoms with Crippen molar-refractivity contribution in [2.24, 2.45) is 11.8 Å². The monoisotopic (exact) mass is 288 g/mol. The fourth-order valence-corrected chi connectivity index (χ4v) is 1.65. The van der Waals surface area contributed by atoms with Crippen molar-refractivity contribution in [1.82, 2.24) is 0 Å². The van der Waals surface area contributed by atoms with Gasteiger partial charge in [0.05, 0.1) is 11.8 Å². The van der Waals surface area contributed by atoms with Crippen LogP contribution >= 0.6 is 0 Å². The first kappa shape index (κ1) is 21.2. The van der Waals surface area contributed by atoms with Gasteiger partial charge in [-0.15, -0.1) is 0 Å². The van der Waals surface area contributed by atoms with Crippen molar-refractivity contribution in [2.75, 3.05) is 0 Å². The fraction of sp³-hybridized carbons (Fsp3) is 0.875. The van der Waals surface area contributed by atoms with Gasteiger partial charge in [0.1, 0.15) is 0 Å². The second kappa shape index (κ2) is 14.4. The zero-order valence-corrected chi connectivity index (χ0v) is 13.5. The number of carbonyl (C=O) groups is 2. The number of unbranched alkanes of at least 4 members (excludes halogenated alkanes) is 4. The van der Waals surface area contributed by atoms with Gasteiger partial charge in [0.15, 0.2) is 0 Å². The van der Waals surface area contributed by atoms with E-state index in [2.05, 4.69) is 13.8 Å². The summed E-state index contributed by atoms with van der Waals surface area (Å²) in [4.78, 5) is 20.6. The molecule has 20 heavy (non-hydrogen) atoms. The van der Waals surface area contributed by atoms with Crippen molar-refractivity contribution in [3.63, 3.8) is 0 Å². The van der Waals surface area contributed by atoms with E-state index in [9.17, 15) is 9.59 Å². The van der Waals surface area contributed by atoms with Crippen LogP contribution in [0.4, 0.5) is 0 Å². The summed E-state index contributed by atoms with van der Waals surface area (Å²) in [5.74, 6) is -1.66. The van der Waals surface area contributed by atoms with E-state index in [4.69, 9.17) is 10.2 Å². The molecule has 2 unspecified atom stereocenters. The molecular weight excluding hydrogens is 256 g/mol. The van der Waals surface area contributed by atoms with Crippen LogP contribution in [0.15, 0.2) is 0 Å². The van der Waals surface area contributed by atoms with E-state index in [1.807, 2.05) is 0 Å². The first-order valence-electron chi connectivity index (χ1n) is 7.82. The highest BCUT2D eigenvalue weighted by Gasteiger charge is 2.09. The van der Waals surface area contributed by atoms with Crippen LogP contribution < -0.4 is 0 Å². The Morgan fingerprint density at radius 2 is 1.05 bits per heavy atom.